The van der Waals surface area contributed by atoms with Crippen LogP contribution in [-0.2, 0) is 34.0 Å². The van der Waals surface area contributed by atoms with Gasteiger partial charge in [0.15, 0.2) is 5.78 Å². The zero-order valence-corrected chi connectivity index (χ0v) is 21.8. The van der Waals surface area contributed by atoms with Gasteiger partial charge in [0.2, 0.25) is 5.09 Å². The first kappa shape index (κ1) is 27.8. The van der Waals surface area contributed by atoms with Crippen molar-refractivity contribution < 1.29 is 39.9 Å². The molecule has 0 radical (unpaired) electrons. The number of pyridine rings is 1. The van der Waals surface area contributed by atoms with Crippen LogP contribution >= 0.6 is 0 Å². The van der Waals surface area contributed by atoms with Gasteiger partial charge in [0.05, 0.1) is 6.04 Å². The fourth-order valence-electron chi connectivity index (χ4n) is 4.69. The molecule has 0 unspecified atom stereocenters. The monoisotopic (exact) mass is 576 g/mol. The molecule has 3 heterocycles. The van der Waals surface area contributed by atoms with E-state index in [1.165, 1.54) is 30.3 Å². The largest absolute Gasteiger partial charge is 0.489 e. The Morgan fingerprint density at radius 1 is 1.07 bits per heavy atom. The van der Waals surface area contributed by atoms with Gasteiger partial charge in [0, 0.05) is 30.6 Å². The predicted octanol–water partition coefficient (Wildman–Crippen LogP) is 5.92. The number of hydrogen-bond donors (Lipinski definition) is 0. The highest BCUT2D eigenvalue weighted by Crippen LogP contribution is 2.32. The molecule has 5 rings (SSSR count). The van der Waals surface area contributed by atoms with Crippen molar-refractivity contribution in [1.82, 2.24) is 9.29 Å². The van der Waals surface area contributed by atoms with Crippen molar-refractivity contribution in [3.63, 3.8) is 0 Å². The minimum absolute atomic E-state index is 0.0742. The van der Waals surface area contributed by atoms with Gasteiger partial charge in [-0.2, -0.15) is 17.5 Å². The smallest absolute Gasteiger partial charge is 0.433 e. The van der Waals surface area contributed by atoms with Crippen LogP contribution in [0.3, 0.4) is 0 Å². The van der Waals surface area contributed by atoms with Crippen LogP contribution in [0.1, 0.15) is 36.1 Å². The molecule has 0 saturated carbocycles. The Hall–Kier alpha value is -3.77. The fourth-order valence-corrected chi connectivity index (χ4v) is 6.32. The lowest BCUT2D eigenvalue weighted by Crippen LogP contribution is -2.40. The third kappa shape index (κ3) is 6.02. The Labute approximate surface area is 227 Å². The number of ketones is 1. The van der Waals surface area contributed by atoms with Crippen molar-refractivity contribution in [2.45, 2.75) is 49.6 Å². The highest BCUT2D eigenvalue weighted by molar-refractivity contribution is 7.89. The summed E-state index contributed by atoms with van der Waals surface area (Å²) < 4.78 is 91.1. The number of halogens is 4. The van der Waals surface area contributed by atoms with Gasteiger partial charge in [-0.3, -0.25) is 9.78 Å². The van der Waals surface area contributed by atoms with Crippen LogP contribution in [0, 0.1) is 5.82 Å². The Balaban J connectivity index is 1.22. The van der Waals surface area contributed by atoms with Crippen LogP contribution in [-0.4, -0.2) is 36.1 Å². The van der Waals surface area contributed by atoms with E-state index in [0.717, 1.165) is 22.1 Å². The average molecular weight is 577 g/mol. The first-order chi connectivity index (χ1) is 19.0. The zero-order chi connectivity index (χ0) is 28.5. The summed E-state index contributed by atoms with van der Waals surface area (Å²) in [6, 6.07) is 13.3. The second-order valence-corrected chi connectivity index (χ2v) is 11.3. The summed E-state index contributed by atoms with van der Waals surface area (Å²) in [6.45, 7) is 0.0653. The Morgan fingerprint density at radius 2 is 1.90 bits per heavy atom. The molecule has 2 aromatic carbocycles. The van der Waals surface area contributed by atoms with E-state index >= 15 is 0 Å². The van der Waals surface area contributed by atoms with E-state index in [4.69, 9.17) is 9.15 Å². The number of nitrogens with zero attached hydrogens (tertiary/aromatic N) is 2. The highest BCUT2D eigenvalue weighted by Gasteiger charge is 2.40. The number of carbonyl (C=O) groups excluding carboxylic acids is 1. The molecule has 12 heteroatoms. The minimum atomic E-state index is -4.55. The third-order valence-electron chi connectivity index (χ3n) is 6.67. The Bertz CT molecular complexity index is 1650. The lowest BCUT2D eigenvalue weighted by molar-refractivity contribution is -0.141. The number of ether oxygens (including phenoxy) is 1. The summed E-state index contributed by atoms with van der Waals surface area (Å²) in [6.07, 6.45) is -2.20. The molecule has 0 spiro atoms. The molecule has 7 nitrogen and oxygen atoms in total. The second-order valence-electron chi connectivity index (χ2n) is 9.47. The molecule has 0 bridgehead atoms. The van der Waals surface area contributed by atoms with Crippen LogP contribution < -0.4 is 4.74 Å². The molecule has 210 valence electrons. The fraction of sp³-hybridized carbons (Fsp3) is 0.286. The second kappa shape index (κ2) is 11.0. The lowest BCUT2D eigenvalue weighted by Gasteiger charge is -2.21. The maximum atomic E-state index is 13.5. The molecular formula is C28H24F4N2O5S. The molecule has 1 saturated heterocycles. The van der Waals surface area contributed by atoms with Gasteiger partial charge in [-0.1, -0.05) is 12.1 Å². The molecule has 1 aliphatic heterocycles. The number of aromatic nitrogens is 1. The van der Waals surface area contributed by atoms with Crippen molar-refractivity contribution in [2.75, 3.05) is 6.54 Å². The molecule has 1 atom stereocenters. The van der Waals surface area contributed by atoms with E-state index in [2.05, 4.69) is 4.98 Å². The number of carbonyl (C=O) groups is 1. The van der Waals surface area contributed by atoms with Crippen molar-refractivity contribution in [3.8, 4) is 5.75 Å². The van der Waals surface area contributed by atoms with Gasteiger partial charge in [0.1, 0.15) is 29.5 Å². The van der Waals surface area contributed by atoms with Crippen LogP contribution in [0.25, 0.3) is 11.0 Å². The van der Waals surface area contributed by atoms with Gasteiger partial charge in [-0.15, -0.1) is 0 Å². The van der Waals surface area contributed by atoms with Gasteiger partial charge < -0.3 is 9.15 Å². The molecule has 0 N–H and O–H groups in total. The number of benzene rings is 2. The summed E-state index contributed by atoms with van der Waals surface area (Å²) in [5, 5.41) is -0.0262. The van der Waals surface area contributed by atoms with Crippen molar-refractivity contribution in [3.05, 3.63) is 89.5 Å². The number of fused-ring (bicyclic) bond motifs is 1. The van der Waals surface area contributed by atoms with Crippen molar-refractivity contribution in [1.29, 1.82) is 0 Å². The van der Waals surface area contributed by atoms with E-state index < -0.39 is 33.8 Å². The Kier molecular flexibility index (Phi) is 7.65. The number of Topliss-reactive ketones (excluding diaryl/α,β-unsaturated/α-hetero) is 1. The number of furan rings is 1. The maximum absolute atomic E-state index is 13.5. The van der Waals surface area contributed by atoms with Crippen molar-refractivity contribution >= 4 is 26.8 Å². The molecule has 40 heavy (non-hydrogen) atoms. The van der Waals surface area contributed by atoms with E-state index in [1.54, 1.807) is 24.3 Å². The first-order valence-electron chi connectivity index (χ1n) is 12.5. The summed E-state index contributed by atoms with van der Waals surface area (Å²) >= 11 is 0. The van der Waals surface area contributed by atoms with Gasteiger partial charge in [0.25, 0.3) is 10.0 Å². The molecule has 1 aliphatic rings. The molecule has 4 aromatic rings. The summed E-state index contributed by atoms with van der Waals surface area (Å²) in [7, 11) is -4.11. The summed E-state index contributed by atoms with van der Waals surface area (Å²) in [5.41, 5.74) is 0.287. The van der Waals surface area contributed by atoms with E-state index in [1.807, 2.05) is 0 Å². The van der Waals surface area contributed by atoms with Crippen LogP contribution in [0.5, 0.6) is 5.75 Å². The summed E-state index contributed by atoms with van der Waals surface area (Å²) in [4.78, 5) is 16.4. The standard InChI is InChI=1S/C28H24F4N2O5S/c29-21-7-9-25-20(15-21)16-27(39-25)40(36,37)34-12-2-5-23(34)24(35)8-6-18-3-1-4-22(13-18)38-17-19-10-11-33-26(14-19)28(30,31)32/h1,3-4,7,9-11,13-16,23H,2,5-6,8,12,17H2/t23-/m0/s1. The Morgan fingerprint density at radius 3 is 2.70 bits per heavy atom. The van der Waals surface area contributed by atoms with Gasteiger partial charge >= 0.3 is 6.18 Å². The van der Waals surface area contributed by atoms with E-state index in [9.17, 15) is 30.8 Å². The molecule has 0 amide bonds. The van der Waals surface area contributed by atoms with E-state index in [0.29, 0.717) is 36.0 Å². The molecule has 2 aromatic heterocycles. The number of alkyl halides is 3. The predicted molar refractivity (Wildman–Crippen MR) is 136 cm³/mol. The third-order valence-corrected chi connectivity index (χ3v) is 8.44. The first-order valence-corrected chi connectivity index (χ1v) is 13.9. The zero-order valence-electron chi connectivity index (χ0n) is 21.0. The number of rotatable bonds is 9. The summed E-state index contributed by atoms with van der Waals surface area (Å²) in [5.74, 6) is -0.346. The average Bonchev–Trinajstić information content (AvgIpc) is 3.59. The quantitative estimate of drug-likeness (QED) is 0.230. The SMILES string of the molecule is O=C(CCc1cccc(OCc2ccnc(C(F)(F)F)c2)c1)[C@@H]1CCCN1S(=O)(=O)c1cc2cc(F)ccc2o1. The van der Waals surface area contributed by atoms with Crippen molar-refractivity contribution in [2.24, 2.45) is 0 Å². The van der Waals surface area contributed by atoms with Gasteiger partial charge in [-0.05, 0) is 72.9 Å². The van der Waals surface area contributed by atoms with Crippen LogP contribution in [0.4, 0.5) is 17.6 Å². The molecule has 0 aliphatic carbocycles. The van der Waals surface area contributed by atoms with E-state index in [-0.39, 0.29) is 36.0 Å². The molecule has 1 fully saturated rings. The number of sulfonamides is 1. The van der Waals surface area contributed by atoms with Crippen LogP contribution in [0.2, 0.25) is 0 Å². The lowest BCUT2D eigenvalue weighted by atomic mass is 10.0. The number of aryl methyl sites for hydroxylation is 1. The highest BCUT2D eigenvalue weighted by atomic mass is 32.2. The minimum Gasteiger partial charge on any atom is -0.489 e. The number of hydrogen-bond acceptors (Lipinski definition) is 6. The van der Waals surface area contributed by atoms with Gasteiger partial charge in [-0.25, -0.2) is 12.8 Å². The topological polar surface area (TPSA) is 89.7 Å². The maximum Gasteiger partial charge on any atom is 0.433 e. The van der Waals surface area contributed by atoms with Crippen LogP contribution in [0.15, 0.2) is 76.4 Å². The molecular weight excluding hydrogens is 552 g/mol. The normalized spacial score (nSPS) is 16.4.